The molecular formula is C16H13N7O2. The molecule has 0 saturated carbocycles. The Hall–Kier alpha value is -3.62. The summed E-state index contributed by atoms with van der Waals surface area (Å²) < 4.78 is 7.13. The molecule has 124 valence electrons. The van der Waals surface area contributed by atoms with Crippen molar-refractivity contribution in [3.05, 3.63) is 42.5 Å². The molecule has 4 aromatic rings. The van der Waals surface area contributed by atoms with E-state index in [1.807, 2.05) is 24.3 Å². The molecule has 4 rings (SSSR count). The van der Waals surface area contributed by atoms with E-state index in [1.54, 1.807) is 12.4 Å². The molecule has 0 atom stereocenters. The zero-order valence-electron chi connectivity index (χ0n) is 13.2. The van der Waals surface area contributed by atoms with Gasteiger partial charge in [0.25, 0.3) is 5.89 Å². The molecule has 0 aliphatic rings. The number of hydrogen-bond donors (Lipinski definition) is 1. The van der Waals surface area contributed by atoms with Crippen molar-refractivity contribution in [2.75, 3.05) is 5.73 Å². The standard InChI is InChI=1S/C16H13N7O2/c1-9(24)5-14-20-21-15(25-14)12-6-11(10-3-2-4-18-8-10)7-13-19-16(17)22-23(12)13/h2-4,6-8H,5H2,1H3,(H2,17,22). The second-order valence-electron chi connectivity index (χ2n) is 5.49. The molecule has 0 spiro atoms. The zero-order valence-corrected chi connectivity index (χ0v) is 13.2. The van der Waals surface area contributed by atoms with E-state index >= 15 is 0 Å². The van der Waals surface area contributed by atoms with E-state index in [0.29, 0.717) is 11.3 Å². The van der Waals surface area contributed by atoms with Crippen LogP contribution in [0.2, 0.25) is 0 Å². The van der Waals surface area contributed by atoms with Crippen LogP contribution < -0.4 is 5.73 Å². The Morgan fingerprint density at radius 3 is 2.92 bits per heavy atom. The second-order valence-corrected chi connectivity index (χ2v) is 5.49. The fraction of sp³-hybridized carbons (Fsp3) is 0.125. The number of anilines is 1. The Morgan fingerprint density at radius 2 is 2.16 bits per heavy atom. The number of Topliss-reactive ketones (excluding diaryl/α,β-unsaturated/α-hetero) is 1. The Kier molecular flexibility index (Phi) is 3.46. The van der Waals surface area contributed by atoms with Crippen LogP contribution in [0.4, 0.5) is 5.95 Å². The minimum atomic E-state index is -0.0607. The molecule has 0 amide bonds. The third kappa shape index (κ3) is 2.82. The van der Waals surface area contributed by atoms with Gasteiger partial charge in [-0.25, -0.2) is 4.52 Å². The summed E-state index contributed by atoms with van der Waals surface area (Å²) in [5.41, 5.74) is 8.56. The van der Waals surface area contributed by atoms with E-state index in [1.165, 1.54) is 11.4 Å². The maximum Gasteiger partial charge on any atom is 0.266 e. The van der Waals surface area contributed by atoms with Crippen LogP contribution in [0.1, 0.15) is 12.8 Å². The van der Waals surface area contributed by atoms with Crippen molar-refractivity contribution in [3.8, 4) is 22.7 Å². The van der Waals surface area contributed by atoms with Crippen LogP contribution in [0, 0.1) is 0 Å². The normalized spacial score (nSPS) is 11.1. The minimum Gasteiger partial charge on any atom is -0.419 e. The number of pyridine rings is 2. The molecule has 4 aromatic heterocycles. The van der Waals surface area contributed by atoms with Gasteiger partial charge in [-0.05, 0) is 30.7 Å². The molecule has 0 radical (unpaired) electrons. The average molecular weight is 335 g/mol. The topological polar surface area (TPSA) is 125 Å². The molecule has 0 aromatic carbocycles. The van der Waals surface area contributed by atoms with Gasteiger partial charge >= 0.3 is 0 Å². The number of hydrogen-bond acceptors (Lipinski definition) is 8. The highest BCUT2D eigenvalue weighted by atomic mass is 16.4. The number of carbonyl (C=O) groups is 1. The van der Waals surface area contributed by atoms with E-state index in [4.69, 9.17) is 10.2 Å². The molecule has 9 heteroatoms. The third-order valence-electron chi connectivity index (χ3n) is 3.53. The highest BCUT2D eigenvalue weighted by molar-refractivity contribution is 5.77. The largest absolute Gasteiger partial charge is 0.419 e. The maximum atomic E-state index is 11.2. The number of fused-ring (bicyclic) bond motifs is 1. The van der Waals surface area contributed by atoms with Gasteiger partial charge in [-0.3, -0.25) is 9.78 Å². The van der Waals surface area contributed by atoms with Crippen molar-refractivity contribution in [2.24, 2.45) is 0 Å². The number of nitrogens with zero attached hydrogens (tertiary/aromatic N) is 6. The minimum absolute atomic E-state index is 0.0607. The van der Waals surface area contributed by atoms with Crippen molar-refractivity contribution in [1.82, 2.24) is 29.8 Å². The van der Waals surface area contributed by atoms with E-state index in [0.717, 1.165) is 11.1 Å². The lowest BCUT2D eigenvalue weighted by Gasteiger charge is -2.05. The van der Waals surface area contributed by atoms with Crippen LogP contribution in [-0.4, -0.2) is 35.6 Å². The predicted octanol–water partition coefficient (Wildman–Crippen LogP) is 1.55. The van der Waals surface area contributed by atoms with E-state index in [-0.39, 0.29) is 29.9 Å². The third-order valence-corrected chi connectivity index (χ3v) is 3.53. The summed E-state index contributed by atoms with van der Waals surface area (Å²) in [5.74, 6) is 0.551. The number of rotatable bonds is 4. The first-order chi connectivity index (χ1) is 12.1. The molecular weight excluding hydrogens is 322 g/mol. The van der Waals surface area contributed by atoms with Crippen molar-refractivity contribution >= 4 is 17.4 Å². The van der Waals surface area contributed by atoms with Crippen LogP contribution in [0.5, 0.6) is 0 Å². The first kappa shape index (κ1) is 14.9. The van der Waals surface area contributed by atoms with E-state index in [2.05, 4.69) is 25.3 Å². The Bertz CT molecular complexity index is 1070. The summed E-state index contributed by atoms with van der Waals surface area (Å²) in [6.45, 7) is 1.46. The SMILES string of the molecule is CC(=O)Cc1nnc(-c2cc(-c3cccnc3)cc3nc(N)nn23)o1. The van der Waals surface area contributed by atoms with Crippen LogP contribution in [0.15, 0.2) is 41.1 Å². The number of nitrogen functional groups attached to an aromatic ring is 1. The summed E-state index contributed by atoms with van der Waals surface area (Å²) in [6.07, 6.45) is 3.52. The first-order valence-electron chi connectivity index (χ1n) is 7.49. The molecule has 2 N–H and O–H groups in total. The first-order valence-corrected chi connectivity index (χ1v) is 7.49. The van der Waals surface area contributed by atoms with Crippen LogP contribution in [0.3, 0.4) is 0 Å². The summed E-state index contributed by atoms with van der Waals surface area (Å²) >= 11 is 0. The van der Waals surface area contributed by atoms with Gasteiger partial charge in [0.1, 0.15) is 11.5 Å². The average Bonchev–Trinajstić information content (AvgIpc) is 3.19. The van der Waals surface area contributed by atoms with Gasteiger partial charge in [0.05, 0.1) is 6.42 Å². The Labute approximate surface area is 141 Å². The summed E-state index contributed by atoms with van der Waals surface area (Å²) in [5, 5.41) is 12.1. The predicted molar refractivity (Wildman–Crippen MR) is 88.3 cm³/mol. The molecule has 0 fully saturated rings. The van der Waals surface area contributed by atoms with Crippen LogP contribution in [-0.2, 0) is 11.2 Å². The maximum absolute atomic E-state index is 11.2. The molecule has 0 aliphatic heterocycles. The van der Waals surface area contributed by atoms with Gasteiger partial charge in [0.2, 0.25) is 11.8 Å². The quantitative estimate of drug-likeness (QED) is 0.595. The van der Waals surface area contributed by atoms with Gasteiger partial charge < -0.3 is 10.2 Å². The van der Waals surface area contributed by atoms with Crippen molar-refractivity contribution in [1.29, 1.82) is 0 Å². The number of aromatic nitrogens is 6. The summed E-state index contributed by atoms with van der Waals surface area (Å²) in [6, 6.07) is 7.45. The Morgan fingerprint density at radius 1 is 1.28 bits per heavy atom. The fourth-order valence-corrected chi connectivity index (χ4v) is 2.49. The molecule has 0 aliphatic carbocycles. The molecule has 25 heavy (non-hydrogen) atoms. The molecule has 9 nitrogen and oxygen atoms in total. The van der Waals surface area contributed by atoms with Gasteiger partial charge in [0.15, 0.2) is 5.65 Å². The Balaban J connectivity index is 1.89. The van der Waals surface area contributed by atoms with Gasteiger partial charge in [-0.15, -0.1) is 15.3 Å². The highest BCUT2D eigenvalue weighted by Gasteiger charge is 2.17. The van der Waals surface area contributed by atoms with Crippen molar-refractivity contribution in [2.45, 2.75) is 13.3 Å². The monoisotopic (exact) mass is 335 g/mol. The van der Waals surface area contributed by atoms with E-state index < -0.39 is 0 Å². The van der Waals surface area contributed by atoms with Gasteiger partial charge in [0, 0.05) is 18.0 Å². The van der Waals surface area contributed by atoms with Crippen LogP contribution in [0.25, 0.3) is 28.4 Å². The molecule has 0 bridgehead atoms. The second kappa shape index (κ2) is 5.78. The number of carbonyl (C=O) groups excluding carboxylic acids is 1. The smallest absolute Gasteiger partial charge is 0.266 e. The summed E-state index contributed by atoms with van der Waals surface area (Å²) in [4.78, 5) is 19.6. The lowest BCUT2D eigenvalue weighted by atomic mass is 10.1. The number of nitrogens with two attached hydrogens (primary N) is 1. The number of ketones is 1. The lowest BCUT2D eigenvalue weighted by Crippen LogP contribution is -1.97. The van der Waals surface area contributed by atoms with Gasteiger partial charge in [-0.2, -0.15) is 4.98 Å². The molecule has 4 heterocycles. The molecule has 0 saturated heterocycles. The van der Waals surface area contributed by atoms with Crippen molar-refractivity contribution in [3.63, 3.8) is 0 Å². The summed E-state index contributed by atoms with van der Waals surface area (Å²) in [7, 11) is 0. The van der Waals surface area contributed by atoms with Gasteiger partial charge in [-0.1, -0.05) is 6.07 Å². The molecule has 0 unspecified atom stereocenters. The van der Waals surface area contributed by atoms with E-state index in [9.17, 15) is 4.79 Å². The lowest BCUT2D eigenvalue weighted by molar-refractivity contribution is -0.116. The zero-order chi connectivity index (χ0) is 17.4. The van der Waals surface area contributed by atoms with Crippen molar-refractivity contribution < 1.29 is 9.21 Å². The highest BCUT2D eigenvalue weighted by Crippen LogP contribution is 2.27. The van der Waals surface area contributed by atoms with Crippen LogP contribution >= 0.6 is 0 Å². The fourth-order valence-electron chi connectivity index (χ4n) is 2.49.